The zero-order valence-corrected chi connectivity index (χ0v) is 16.3. The van der Waals surface area contributed by atoms with Crippen molar-refractivity contribution in [2.24, 2.45) is 0 Å². The van der Waals surface area contributed by atoms with E-state index < -0.39 is 11.8 Å². The Morgan fingerprint density at radius 1 is 0.828 bits per heavy atom. The molecule has 2 amide bonds. The maximum absolute atomic E-state index is 12.5. The van der Waals surface area contributed by atoms with Gasteiger partial charge in [-0.1, -0.05) is 42.5 Å². The molecule has 6 nitrogen and oxygen atoms in total. The predicted molar refractivity (Wildman–Crippen MR) is 113 cm³/mol. The topological polar surface area (TPSA) is 81.7 Å². The summed E-state index contributed by atoms with van der Waals surface area (Å²) in [6.07, 6.45) is 0. The fourth-order valence-electron chi connectivity index (χ4n) is 3.08. The molecular weight excluding hydrogens is 366 g/mol. The van der Waals surface area contributed by atoms with Gasteiger partial charge < -0.3 is 10.2 Å². The summed E-state index contributed by atoms with van der Waals surface area (Å²) in [4.78, 5) is 26.6. The number of amides is 2. The number of rotatable bonds is 6. The molecule has 29 heavy (non-hydrogen) atoms. The summed E-state index contributed by atoms with van der Waals surface area (Å²) in [5.74, 6) is -1.38. The summed E-state index contributed by atoms with van der Waals surface area (Å²) in [5, 5.41) is 12.0. The van der Waals surface area contributed by atoms with Crippen LogP contribution in [-0.4, -0.2) is 31.1 Å². The van der Waals surface area contributed by atoms with Crippen molar-refractivity contribution < 1.29 is 14.8 Å². The lowest BCUT2D eigenvalue weighted by atomic mass is 9.90. The molecule has 0 saturated carbocycles. The third kappa shape index (κ3) is 4.80. The summed E-state index contributed by atoms with van der Waals surface area (Å²) in [7, 11) is 3.88. The number of carbonyl (C=O) groups excluding carboxylic acids is 2. The molecule has 3 N–H and O–H groups in total. The van der Waals surface area contributed by atoms with E-state index in [1.165, 1.54) is 0 Å². The van der Waals surface area contributed by atoms with Crippen molar-refractivity contribution in [2.45, 2.75) is 5.92 Å². The van der Waals surface area contributed by atoms with Crippen LogP contribution in [0.25, 0.3) is 0 Å². The van der Waals surface area contributed by atoms with Crippen LogP contribution in [0.1, 0.15) is 27.4 Å². The highest BCUT2D eigenvalue weighted by Crippen LogP contribution is 2.26. The van der Waals surface area contributed by atoms with Gasteiger partial charge in [0.25, 0.3) is 11.8 Å². The van der Waals surface area contributed by atoms with Gasteiger partial charge in [-0.15, -0.1) is 0 Å². The Kier molecular flexibility index (Phi) is 6.26. The Morgan fingerprint density at radius 3 is 1.97 bits per heavy atom. The average molecular weight is 389 g/mol. The molecule has 3 rings (SSSR count). The number of benzene rings is 3. The Morgan fingerprint density at radius 2 is 1.41 bits per heavy atom. The monoisotopic (exact) mass is 389 g/mol. The van der Waals surface area contributed by atoms with Gasteiger partial charge >= 0.3 is 0 Å². The summed E-state index contributed by atoms with van der Waals surface area (Å²) < 4.78 is 0. The molecule has 0 aliphatic carbocycles. The smallest absolute Gasteiger partial charge is 0.255 e. The van der Waals surface area contributed by atoms with Gasteiger partial charge in [0.15, 0.2) is 0 Å². The number of nitrogens with one attached hydrogen (secondary N) is 2. The summed E-state index contributed by atoms with van der Waals surface area (Å²) in [6.45, 7) is 0. The van der Waals surface area contributed by atoms with E-state index in [9.17, 15) is 9.59 Å². The molecule has 0 heterocycles. The van der Waals surface area contributed by atoms with Gasteiger partial charge in [-0.2, -0.15) is 0 Å². The van der Waals surface area contributed by atoms with Crippen LogP contribution in [0.15, 0.2) is 78.9 Å². The summed E-state index contributed by atoms with van der Waals surface area (Å²) >= 11 is 0. The van der Waals surface area contributed by atoms with Gasteiger partial charge in [0.1, 0.15) is 0 Å². The summed E-state index contributed by atoms with van der Waals surface area (Å²) in [6, 6.07) is 23.5. The lowest BCUT2D eigenvalue weighted by molar-refractivity contribution is -0.129. The van der Waals surface area contributed by atoms with Crippen molar-refractivity contribution in [1.82, 2.24) is 5.48 Å². The molecule has 148 valence electrons. The van der Waals surface area contributed by atoms with Gasteiger partial charge in [0.05, 0.1) is 5.92 Å². The minimum absolute atomic E-state index is 0.212. The average Bonchev–Trinajstić information content (AvgIpc) is 2.75. The lowest BCUT2D eigenvalue weighted by Crippen LogP contribution is -2.27. The minimum Gasteiger partial charge on any atom is -0.378 e. The highest BCUT2D eigenvalue weighted by Gasteiger charge is 2.22. The molecule has 0 aromatic heterocycles. The van der Waals surface area contributed by atoms with E-state index in [-0.39, 0.29) is 5.91 Å². The van der Waals surface area contributed by atoms with Gasteiger partial charge in [-0.3, -0.25) is 14.8 Å². The Labute approximate surface area is 169 Å². The van der Waals surface area contributed by atoms with Gasteiger partial charge in [0, 0.05) is 31.0 Å². The van der Waals surface area contributed by atoms with Crippen LogP contribution in [0.3, 0.4) is 0 Å². The zero-order chi connectivity index (χ0) is 20.8. The third-order valence-electron chi connectivity index (χ3n) is 4.65. The van der Waals surface area contributed by atoms with E-state index in [1.54, 1.807) is 41.9 Å². The maximum atomic E-state index is 12.5. The molecule has 6 heteroatoms. The molecule has 0 aliphatic rings. The maximum Gasteiger partial charge on any atom is 0.255 e. The second-order valence-corrected chi connectivity index (χ2v) is 6.84. The first kappa shape index (κ1) is 20.1. The lowest BCUT2D eigenvalue weighted by Gasteiger charge is -2.16. The van der Waals surface area contributed by atoms with Crippen molar-refractivity contribution >= 4 is 23.2 Å². The quantitative estimate of drug-likeness (QED) is 0.444. The first-order valence-electron chi connectivity index (χ1n) is 9.17. The highest BCUT2D eigenvalue weighted by atomic mass is 16.5. The second kappa shape index (κ2) is 9.03. The van der Waals surface area contributed by atoms with Crippen LogP contribution in [0.2, 0.25) is 0 Å². The second-order valence-electron chi connectivity index (χ2n) is 6.84. The Bertz CT molecular complexity index is 969. The molecule has 0 spiro atoms. The standard InChI is InChI=1S/C23H23N3O3/c1-26(2)20-14-10-18(11-15-20)22(27)24-19-12-8-17(9-13-19)21(23(28)25-29)16-6-4-3-5-7-16/h3-15,21,29H,1-2H3,(H,24,27)(H,25,28). The molecule has 0 radical (unpaired) electrons. The van der Waals surface area contributed by atoms with Crippen molar-refractivity contribution in [2.75, 3.05) is 24.3 Å². The number of anilines is 2. The molecule has 0 saturated heterocycles. The van der Waals surface area contributed by atoms with Crippen LogP contribution in [0, 0.1) is 0 Å². The van der Waals surface area contributed by atoms with E-state index in [4.69, 9.17) is 5.21 Å². The molecule has 0 aliphatic heterocycles. The number of hydrogen-bond donors (Lipinski definition) is 3. The first-order chi connectivity index (χ1) is 14.0. The molecule has 0 bridgehead atoms. The van der Waals surface area contributed by atoms with Gasteiger partial charge in [0.2, 0.25) is 0 Å². The molecule has 1 atom stereocenters. The van der Waals surface area contributed by atoms with Crippen LogP contribution < -0.4 is 15.7 Å². The summed E-state index contributed by atoms with van der Waals surface area (Å²) in [5.41, 5.74) is 5.38. The van der Waals surface area contributed by atoms with Crippen molar-refractivity contribution in [3.05, 3.63) is 95.6 Å². The van der Waals surface area contributed by atoms with Crippen molar-refractivity contribution in [1.29, 1.82) is 0 Å². The van der Waals surface area contributed by atoms with Crippen molar-refractivity contribution in [3.8, 4) is 0 Å². The fraction of sp³-hybridized carbons (Fsp3) is 0.130. The molecule has 3 aromatic carbocycles. The number of carbonyl (C=O) groups is 2. The number of nitrogens with zero attached hydrogens (tertiary/aromatic N) is 1. The number of hydroxylamine groups is 1. The van der Waals surface area contributed by atoms with E-state index in [0.717, 1.165) is 11.3 Å². The zero-order valence-electron chi connectivity index (χ0n) is 16.3. The molecule has 0 fully saturated rings. The predicted octanol–water partition coefficient (Wildman–Crippen LogP) is 3.64. The van der Waals surface area contributed by atoms with Crippen LogP contribution in [0.5, 0.6) is 0 Å². The minimum atomic E-state index is -0.649. The number of hydrogen-bond acceptors (Lipinski definition) is 4. The Balaban J connectivity index is 1.76. The van der Waals surface area contributed by atoms with Gasteiger partial charge in [-0.25, -0.2) is 5.48 Å². The van der Waals surface area contributed by atoms with Crippen LogP contribution >= 0.6 is 0 Å². The van der Waals surface area contributed by atoms with E-state index >= 15 is 0 Å². The molecular formula is C23H23N3O3. The van der Waals surface area contributed by atoms with E-state index in [2.05, 4.69) is 5.32 Å². The fourth-order valence-corrected chi connectivity index (χ4v) is 3.08. The normalized spacial score (nSPS) is 11.4. The van der Waals surface area contributed by atoms with E-state index in [1.807, 2.05) is 61.5 Å². The molecule has 1 unspecified atom stereocenters. The Hall–Kier alpha value is -3.64. The van der Waals surface area contributed by atoms with Crippen molar-refractivity contribution in [3.63, 3.8) is 0 Å². The SMILES string of the molecule is CN(C)c1ccc(C(=O)Nc2ccc(C(C(=O)NO)c3ccccc3)cc2)cc1. The third-order valence-corrected chi connectivity index (χ3v) is 4.65. The highest BCUT2D eigenvalue weighted by molar-refractivity contribution is 6.04. The van der Waals surface area contributed by atoms with Crippen LogP contribution in [0.4, 0.5) is 11.4 Å². The largest absolute Gasteiger partial charge is 0.378 e. The van der Waals surface area contributed by atoms with Gasteiger partial charge in [-0.05, 0) is 47.5 Å². The first-order valence-corrected chi connectivity index (χ1v) is 9.17. The van der Waals surface area contributed by atoms with Crippen LogP contribution in [-0.2, 0) is 4.79 Å². The van der Waals surface area contributed by atoms with E-state index in [0.29, 0.717) is 16.8 Å². The molecule has 3 aromatic rings.